The van der Waals surface area contributed by atoms with Gasteiger partial charge < -0.3 is 10.4 Å². The number of benzene rings is 1. The predicted molar refractivity (Wildman–Crippen MR) is 79.0 cm³/mol. The number of carbonyl (C=O) groups excluding carboxylic acids is 1. The molecule has 110 valence electrons. The highest BCUT2D eigenvalue weighted by molar-refractivity contribution is 5.72. The molecule has 0 radical (unpaired) electrons. The van der Waals surface area contributed by atoms with E-state index in [9.17, 15) is 4.79 Å². The zero-order chi connectivity index (χ0) is 14.4. The maximum Gasteiger partial charge on any atom is 0.216 e. The Labute approximate surface area is 120 Å². The molecule has 4 nitrogen and oxygen atoms in total. The van der Waals surface area contributed by atoms with Crippen molar-refractivity contribution in [3.63, 3.8) is 0 Å². The number of aliphatic hydroxyl groups excluding tert-OH is 1. The normalized spacial score (nSPS) is 17.1. The van der Waals surface area contributed by atoms with Gasteiger partial charge in [-0.25, -0.2) is 0 Å². The minimum absolute atomic E-state index is 0.0661. The Morgan fingerprint density at radius 1 is 1.25 bits per heavy atom. The number of nitrogens with one attached hydrogen (secondary N) is 1. The third-order valence-electron chi connectivity index (χ3n) is 3.96. The van der Waals surface area contributed by atoms with Crippen LogP contribution in [0.4, 0.5) is 0 Å². The molecule has 4 heteroatoms. The summed E-state index contributed by atoms with van der Waals surface area (Å²) in [5.74, 6) is 0.684. The largest absolute Gasteiger partial charge is 0.392 e. The van der Waals surface area contributed by atoms with Gasteiger partial charge in [-0.1, -0.05) is 24.3 Å². The Kier molecular flexibility index (Phi) is 5.56. The molecule has 1 aliphatic rings. The Morgan fingerprint density at radius 3 is 2.40 bits per heavy atom. The maximum atomic E-state index is 10.9. The summed E-state index contributed by atoms with van der Waals surface area (Å²) in [6, 6.07) is 8.15. The van der Waals surface area contributed by atoms with E-state index in [4.69, 9.17) is 5.11 Å². The van der Waals surface area contributed by atoms with Crippen molar-refractivity contribution in [1.82, 2.24) is 10.2 Å². The van der Waals surface area contributed by atoms with Gasteiger partial charge in [0.15, 0.2) is 0 Å². The highest BCUT2D eigenvalue weighted by Gasteiger charge is 2.19. The van der Waals surface area contributed by atoms with Gasteiger partial charge >= 0.3 is 0 Å². The van der Waals surface area contributed by atoms with Crippen molar-refractivity contribution in [1.29, 1.82) is 0 Å². The van der Waals surface area contributed by atoms with Crippen molar-refractivity contribution < 1.29 is 9.90 Å². The average molecular weight is 276 g/mol. The minimum atomic E-state index is 0.0661. The highest BCUT2D eigenvalue weighted by Crippen LogP contribution is 2.18. The van der Waals surface area contributed by atoms with Gasteiger partial charge in [0.25, 0.3) is 0 Å². The van der Waals surface area contributed by atoms with E-state index in [1.165, 1.54) is 5.56 Å². The molecule has 1 aromatic rings. The van der Waals surface area contributed by atoms with Gasteiger partial charge in [-0.2, -0.15) is 0 Å². The van der Waals surface area contributed by atoms with E-state index >= 15 is 0 Å². The Hall–Kier alpha value is -1.39. The average Bonchev–Trinajstić information content (AvgIpc) is 2.47. The van der Waals surface area contributed by atoms with Gasteiger partial charge in [-0.05, 0) is 43.0 Å². The lowest BCUT2D eigenvalue weighted by molar-refractivity contribution is -0.119. The minimum Gasteiger partial charge on any atom is -0.392 e. The van der Waals surface area contributed by atoms with Crippen molar-refractivity contribution in [2.45, 2.75) is 32.9 Å². The van der Waals surface area contributed by atoms with Crippen molar-refractivity contribution >= 4 is 5.91 Å². The third kappa shape index (κ3) is 4.62. The van der Waals surface area contributed by atoms with Crippen LogP contribution in [0.3, 0.4) is 0 Å². The third-order valence-corrected chi connectivity index (χ3v) is 3.96. The molecule has 0 aromatic heterocycles. The van der Waals surface area contributed by atoms with Crippen molar-refractivity contribution in [2.75, 3.05) is 19.6 Å². The SMILES string of the molecule is CC(=O)NCC1CCN(Cc2ccc(CO)cc2)CC1. The summed E-state index contributed by atoms with van der Waals surface area (Å²) in [5.41, 5.74) is 2.25. The van der Waals surface area contributed by atoms with Gasteiger partial charge in [0.2, 0.25) is 5.91 Å². The molecule has 1 aromatic carbocycles. The fraction of sp³-hybridized carbons (Fsp3) is 0.562. The molecule has 0 bridgehead atoms. The van der Waals surface area contributed by atoms with Crippen LogP contribution in [0.1, 0.15) is 30.9 Å². The molecule has 1 aliphatic heterocycles. The van der Waals surface area contributed by atoms with Gasteiger partial charge in [0.05, 0.1) is 6.61 Å². The zero-order valence-corrected chi connectivity index (χ0v) is 12.1. The molecule has 1 fully saturated rings. The number of aliphatic hydroxyl groups is 1. The molecule has 0 unspecified atom stereocenters. The number of hydrogen-bond donors (Lipinski definition) is 2. The topological polar surface area (TPSA) is 52.6 Å². The predicted octanol–water partition coefficient (Wildman–Crippen LogP) is 1.53. The molecule has 2 N–H and O–H groups in total. The fourth-order valence-electron chi connectivity index (χ4n) is 2.65. The van der Waals surface area contributed by atoms with E-state index in [2.05, 4.69) is 22.3 Å². The smallest absolute Gasteiger partial charge is 0.216 e. The van der Waals surface area contributed by atoms with Gasteiger partial charge in [0, 0.05) is 20.0 Å². The van der Waals surface area contributed by atoms with Crippen molar-refractivity contribution in [3.8, 4) is 0 Å². The first-order valence-electron chi connectivity index (χ1n) is 7.33. The van der Waals surface area contributed by atoms with E-state index in [0.29, 0.717) is 5.92 Å². The lowest BCUT2D eigenvalue weighted by atomic mass is 9.96. The molecular weight excluding hydrogens is 252 g/mol. The number of hydrogen-bond acceptors (Lipinski definition) is 3. The van der Waals surface area contributed by atoms with Crippen molar-refractivity contribution in [2.24, 2.45) is 5.92 Å². The van der Waals surface area contributed by atoms with Gasteiger partial charge in [0.1, 0.15) is 0 Å². The number of carbonyl (C=O) groups is 1. The van der Waals surface area contributed by atoms with E-state index in [1.54, 1.807) is 6.92 Å². The fourth-order valence-corrected chi connectivity index (χ4v) is 2.65. The maximum absolute atomic E-state index is 10.9. The number of piperidine rings is 1. The molecule has 2 rings (SSSR count). The zero-order valence-electron chi connectivity index (χ0n) is 12.1. The first kappa shape index (κ1) is 15.0. The second kappa shape index (κ2) is 7.41. The molecule has 20 heavy (non-hydrogen) atoms. The van der Waals surface area contributed by atoms with Crippen LogP contribution in [0.25, 0.3) is 0 Å². The van der Waals surface area contributed by atoms with Crippen LogP contribution in [-0.2, 0) is 17.9 Å². The summed E-state index contributed by atoms with van der Waals surface area (Å²) in [4.78, 5) is 13.4. The lowest BCUT2D eigenvalue weighted by Gasteiger charge is -2.32. The number of likely N-dealkylation sites (tertiary alicyclic amines) is 1. The van der Waals surface area contributed by atoms with E-state index in [1.807, 2.05) is 12.1 Å². The standard InChI is InChI=1S/C16H24N2O2/c1-13(20)17-10-14-6-8-18(9-7-14)11-15-2-4-16(12-19)5-3-15/h2-5,14,19H,6-12H2,1H3,(H,17,20). The van der Waals surface area contributed by atoms with Crippen LogP contribution in [-0.4, -0.2) is 35.5 Å². The number of rotatable bonds is 5. The van der Waals surface area contributed by atoms with Gasteiger partial charge in [-0.3, -0.25) is 9.69 Å². The lowest BCUT2D eigenvalue weighted by Crippen LogP contribution is -2.37. The summed E-state index contributed by atoms with van der Waals surface area (Å²) < 4.78 is 0. The monoisotopic (exact) mass is 276 g/mol. The van der Waals surface area contributed by atoms with Crippen LogP contribution >= 0.6 is 0 Å². The van der Waals surface area contributed by atoms with Crippen LogP contribution in [0.2, 0.25) is 0 Å². The molecule has 0 spiro atoms. The van der Waals surface area contributed by atoms with E-state index < -0.39 is 0 Å². The highest BCUT2D eigenvalue weighted by atomic mass is 16.3. The Morgan fingerprint density at radius 2 is 1.85 bits per heavy atom. The van der Waals surface area contributed by atoms with Crippen molar-refractivity contribution in [3.05, 3.63) is 35.4 Å². The van der Waals surface area contributed by atoms with Crippen LogP contribution in [0.15, 0.2) is 24.3 Å². The molecular formula is C16H24N2O2. The molecule has 1 amide bonds. The Bertz CT molecular complexity index is 423. The number of nitrogens with zero attached hydrogens (tertiary/aromatic N) is 1. The summed E-state index contributed by atoms with van der Waals surface area (Å²) in [6.07, 6.45) is 2.30. The summed E-state index contributed by atoms with van der Waals surface area (Å²) in [5, 5.41) is 11.9. The molecule has 0 aliphatic carbocycles. The van der Waals surface area contributed by atoms with E-state index in [-0.39, 0.29) is 12.5 Å². The van der Waals surface area contributed by atoms with Crippen LogP contribution in [0, 0.1) is 5.92 Å². The van der Waals surface area contributed by atoms with Crippen LogP contribution < -0.4 is 5.32 Å². The first-order chi connectivity index (χ1) is 9.67. The summed E-state index contributed by atoms with van der Waals surface area (Å²) in [7, 11) is 0. The van der Waals surface area contributed by atoms with Gasteiger partial charge in [-0.15, -0.1) is 0 Å². The first-order valence-corrected chi connectivity index (χ1v) is 7.33. The molecule has 1 heterocycles. The Balaban J connectivity index is 1.74. The quantitative estimate of drug-likeness (QED) is 0.857. The second-order valence-corrected chi connectivity index (χ2v) is 5.63. The van der Waals surface area contributed by atoms with E-state index in [0.717, 1.165) is 44.6 Å². The summed E-state index contributed by atoms with van der Waals surface area (Å²) in [6.45, 7) is 5.64. The molecule has 1 saturated heterocycles. The van der Waals surface area contributed by atoms with Crippen LogP contribution in [0.5, 0.6) is 0 Å². The summed E-state index contributed by atoms with van der Waals surface area (Å²) >= 11 is 0. The molecule has 0 atom stereocenters. The second-order valence-electron chi connectivity index (χ2n) is 5.63. The molecule has 0 saturated carbocycles. The number of amides is 1.